The highest BCUT2D eigenvalue weighted by atomic mass is 16.1. The van der Waals surface area contributed by atoms with Crippen LogP contribution in [-0.2, 0) is 6.54 Å². The van der Waals surface area contributed by atoms with Gasteiger partial charge in [-0.25, -0.2) is 14.6 Å². The number of carbonyl (C=O) groups is 1. The molecule has 0 fully saturated rings. The molecular weight excluding hydrogens is 304 g/mol. The number of hydrogen-bond acceptors (Lipinski definition) is 5. The van der Waals surface area contributed by atoms with E-state index in [1.165, 1.54) is 0 Å². The molecule has 0 unspecified atom stereocenters. The Labute approximate surface area is 139 Å². The molecule has 1 aliphatic heterocycles. The Bertz CT molecular complexity index is 946. The van der Waals surface area contributed by atoms with Crippen molar-refractivity contribution in [2.75, 3.05) is 17.2 Å². The van der Waals surface area contributed by atoms with E-state index in [4.69, 9.17) is 0 Å². The standard InChI is InChI=1S/C17H18N6O/c1-10-11(2)21-14-8-12(4-5-13(14)20-10)17(24)22-15-9-19-23-7-3-6-18-16(15)23/h4-5,8-9,18H,3,6-7H2,1-2H3,(H,22,24). The van der Waals surface area contributed by atoms with Crippen LogP contribution >= 0.6 is 0 Å². The maximum Gasteiger partial charge on any atom is 0.255 e. The number of carbonyl (C=O) groups excluding carboxylic acids is 1. The van der Waals surface area contributed by atoms with Crippen LogP contribution < -0.4 is 10.6 Å². The average molecular weight is 322 g/mol. The second-order valence-electron chi connectivity index (χ2n) is 5.96. The Morgan fingerprint density at radius 2 is 2.00 bits per heavy atom. The van der Waals surface area contributed by atoms with Gasteiger partial charge in [0.2, 0.25) is 0 Å². The second kappa shape index (κ2) is 5.59. The fourth-order valence-corrected chi connectivity index (χ4v) is 2.83. The van der Waals surface area contributed by atoms with Crippen molar-refractivity contribution in [1.82, 2.24) is 19.7 Å². The van der Waals surface area contributed by atoms with Crippen LogP contribution in [0.1, 0.15) is 28.2 Å². The Morgan fingerprint density at radius 3 is 2.83 bits per heavy atom. The van der Waals surface area contributed by atoms with Gasteiger partial charge in [-0.2, -0.15) is 5.10 Å². The molecule has 4 rings (SSSR count). The van der Waals surface area contributed by atoms with Crippen LogP contribution in [0.3, 0.4) is 0 Å². The topological polar surface area (TPSA) is 84.7 Å². The number of amides is 1. The molecule has 3 heterocycles. The lowest BCUT2D eigenvalue weighted by Crippen LogP contribution is -2.19. The van der Waals surface area contributed by atoms with Crippen LogP contribution in [-0.4, -0.2) is 32.2 Å². The van der Waals surface area contributed by atoms with Gasteiger partial charge < -0.3 is 10.6 Å². The zero-order valence-electron chi connectivity index (χ0n) is 13.6. The number of rotatable bonds is 2. The summed E-state index contributed by atoms with van der Waals surface area (Å²) in [4.78, 5) is 21.6. The minimum Gasteiger partial charge on any atom is -0.368 e. The molecule has 7 nitrogen and oxygen atoms in total. The summed E-state index contributed by atoms with van der Waals surface area (Å²) in [6.45, 7) is 5.60. The molecule has 3 aromatic rings. The third kappa shape index (κ3) is 2.47. The summed E-state index contributed by atoms with van der Waals surface area (Å²) in [5.41, 5.74) is 4.54. The Balaban J connectivity index is 1.63. The fourth-order valence-electron chi connectivity index (χ4n) is 2.83. The van der Waals surface area contributed by atoms with E-state index in [1.54, 1.807) is 18.3 Å². The van der Waals surface area contributed by atoms with Gasteiger partial charge in [-0.3, -0.25) is 4.79 Å². The van der Waals surface area contributed by atoms with Crippen LogP contribution in [0, 0.1) is 13.8 Å². The van der Waals surface area contributed by atoms with E-state index in [0.29, 0.717) is 11.3 Å². The first-order chi connectivity index (χ1) is 11.6. The van der Waals surface area contributed by atoms with Crippen molar-refractivity contribution < 1.29 is 4.79 Å². The normalized spacial score (nSPS) is 13.4. The molecule has 7 heteroatoms. The van der Waals surface area contributed by atoms with Gasteiger partial charge in [-0.15, -0.1) is 0 Å². The Morgan fingerprint density at radius 1 is 1.21 bits per heavy atom. The first kappa shape index (κ1) is 14.6. The van der Waals surface area contributed by atoms with Gasteiger partial charge in [0.05, 0.1) is 28.6 Å². The van der Waals surface area contributed by atoms with Crippen LogP contribution in [0.4, 0.5) is 11.5 Å². The number of aryl methyl sites for hydroxylation is 3. The van der Waals surface area contributed by atoms with Crippen LogP contribution in [0.15, 0.2) is 24.4 Å². The van der Waals surface area contributed by atoms with Gasteiger partial charge in [0, 0.05) is 18.7 Å². The molecule has 24 heavy (non-hydrogen) atoms. The third-order valence-corrected chi connectivity index (χ3v) is 4.26. The number of hydrogen-bond donors (Lipinski definition) is 2. The first-order valence-electron chi connectivity index (χ1n) is 7.98. The molecular formula is C17H18N6O. The number of fused-ring (bicyclic) bond motifs is 2. The second-order valence-corrected chi connectivity index (χ2v) is 5.96. The van der Waals surface area contributed by atoms with E-state index in [-0.39, 0.29) is 5.91 Å². The van der Waals surface area contributed by atoms with Gasteiger partial charge in [-0.1, -0.05) is 0 Å². The molecule has 2 aromatic heterocycles. The lowest BCUT2D eigenvalue weighted by atomic mass is 10.1. The van der Waals surface area contributed by atoms with E-state index >= 15 is 0 Å². The number of benzene rings is 1. The molecule has 0 atom stereocenters. The van der Waals surface area contributed by atoms with Crippen molar-refractivity contribution in [1.29, 1.82) is 0 Å². The van der Waals surface area contributed by atoms with E-state index in [2.05, 4.69) is 25.7 Å². The SMILES string of the molecule is Cc1nc2ccc(C(=O)Nc3cnn4c3NCCC4)cc2nc1C. The highest BCUT2D eigenvalue weighted by Crippen LogP contribution is 2.25. The van der Waals surface area contributed by atoms with Crippen molar-refractivity contribution >= 4 is 28.4 Å². The first-order valence-corrected chi connectivity index (χ1v) is 7.98. The van der Waals surface area contributed by atoms with E-state index < -0.39 is 0 Å². The maximum absolute atomic E-state index is 12.6. The number of anilines is 2. The summed E-state index contributed by atoms with van der Waals surface area (Å²) in [6, 6.07) is 5.37. The van der Waals surface area contributed by atoms with Crippen molar-refractivity contribution in [2.45, 2.75) is 26.8 Å². The molecule has 1 aromatic carbocycles. The van der Waals surface area contributed by atoms with Gasteiger partial charge in [0.15, 0.2) is 0 Å². The monoisotopic (exact) mass is 322 g/mol. The predicted molar refractivity (Wildman–Crippen MR) is 92.3 cm³/mol. The van der Waals surface area contributed by atoms with Crippen molar-refractivity contribution in [3.8, 4) is 0 Å². The fraction of sp³-hybridized carbons (Fsp3) is 0.294. The zero-order chi connectivity index (χ0) is 16.7. The highest BCUT2D eigenvalue weighted by molar-refractivity contribution is 6.07. The molecule has 0 aliphatic carbocycles. The molecule has 2 N–H and O–H groups in total. The Kier molecular flexibility index (Phi) is 3.41. The van der Waals surface area contributed by atoms with E-state index in [1.807, 2.05) is 24.6 Å². The minimum absolute atomic E-state index is 0.180. The summed E-state index contributed by atoms with van der Waals surface area (Å²) in [7, 11) is 0. The molecule has 1 aliphatic rings. The predicted octanol–water partition coefficient (Wildman–Crippen LogP) is 2.51. The van der Waals surface area contributed by atoms with Crippen LogP contribution in [0.5, 0.6) is 0 Å². The number of aromatic nitrogens is 4. The molecule has 122 valence electrons. The lowest BCUT2D eigenvalue weighted by Gasteiger charge is -2.17. The summed E-state index contributed by atoms with van der Waals surface area (Å²) in [5.74, 6) is 0.682. The molecule has 0 radical (unpaired) electrons. The maximum atomic E-state index is 12.6. The van der Waals surface area contributed by atoms with E-state index in [0.717, 1.165) is 47.7 Å². The molecule has 0 saturated carbocycles. The van der Waals surface area contributed by atoms with Crippen LogP contribution in [0.25, 0.3) is 11.0 Å². The number of nitrogens with one attached hydrogen (secondary N) is 2. The van der Waals surface area contributed by atoms with Crippen LogP contribution in [0.2, 0.25) is 0 Å². The quantitative estimate of drug-likeness (QED) is 0.757. The van der Waals surface area contributed by atoms with Gasteiger partial charge in [0.25, 0.3) is 5.91 Å². The van der Waals surface area contributed by atoms with Gasteiger partial charge >= 0.3 is 0 Å². The summed E-state index contributed by atoms with van der Waals surface area (Å²) in [5, 5.41) is 10.5. The summed E-state index contributed by atoms with van der Waals surface area (Å²) >= 11 is 0. The van der Waals surface area contributed by atoms with Crippen molar-refractivity contribution in [3.05, 3.63) is 41.3 Å². The molecule has 0 bridgehead atoms. The van der Waals surface area contributed by atoms with Crippen molar-refractivity contribution in [3.63, 3.8) is 0 Å². The Hall–Kier alpha value is -2.96. The van der Waals surface area contributed by atoms with E-state index in [9.17, 15) is 4.79 Å². The lowest BCUT2D eigenvalue weighted by molar-refractivity contribution is 0.102. The van der Waals surface area contributed by atoms with Gasteiger partial charge in [0.1, 0.15) is 11.5 Å². The zero-order valence-corrected chi connectivity index (χ0v) is 13.6. The third-order valence-electron chi connectivity index (χ3n) is 4.26. The molecule has 1 amide bonds. The molecule has 0 spiro atoms. The summed E-state index contributed by atoms with van der Waals surface area (Å²) in [6.07, 6.45) is 2.71. The smallest absolute Gasteiger partial charge is 0.255 e. The minimum atomic E-state index is -0.180. The average Bonchev–Trinajstić information content (AvgIpc) is 2.99. The van der Waals surface area contributed by atoms with Gasteiger partial charge in [-0.05, 0) is 38.5 Å². The number of nitrogens with zero attached hydrogens (tertiary/aromatic N) is 4. The largest absolute Gasteiger partial charge is 0.368 e. The summed E-state index contributed by atoms with van der Waals surface area (Å²) < 4.78 is 1.87. The van der Waals surface area contributed by atoms with Crippen molar-refractivity contribution in [2.24, 2.45) is 0 Å². The molecule has 0 saturated heterocycles. The highest BCUT2D eigenvalue weighted by Gasteiger charge is 2.17.